The molecule has 4 heteroatoms. The first-order valence-corrected chi connectivity index (χ1v) is 5.99. The summed E-state index contributed by atoms with van der Waals surface area (Å²) in [5.74, 6) is -0.880. The summed E-state index contributed by atoms with van der Waals surface area (Å²) in [7, 11) is 0. The Kier molecular flexibility index (Phi) is 3.19. The number of Topliss-reactive ketones (excluding diaryl/α,β-unsaturated/α-hetero) is 1. The maximum atomic E-state index is 12.0. The van der Waals surface area contributed by atoms with E-state index < -0.39 is 5.97 Å². The van der Waals surface area contributed by atoms with Crippen LogP contribution >= 0.6 is 0 Å². The number of nitrogens with one attached hydrogen (secondary N) is 1. The number of benzene rings is 1. The number of carboxylic acid groups (broad SMARTS) is 1. The molecule has 0 unspecified atom stereocenters. The van der Waals surface area contributed by atoms with Gasteiger partial charge in [-0.05, 0) is 18.6 Å². The third kappa shape index (κ3) is 1.90. The summed E-state index contributed by atoms with van der Waals surface area (Å²) in [4.78, 5) is 26.0. The van der Waals surface area contributed by atoms with Crippen molar-refractivity contribution in [2.75, 3.05) is 0 Å². The van der Waals surface area contributed by atoms with E-state index in [9.17, 15) is 9.59 Å². The van der Waals surface area contributed by atoms with Crippen LogP contribution in [0.1, 0.15) is 46.7 Å². The van der Waals surface area contributed by atoms with Crippen molar-refractivity contribution in [3.05, 3.63) is 35.0 Å². The third-order valence-electron chi connectivity index (χ3n) is 3.08. The first-order valence-electron chi connectivity index (χ1n) is 5.99. The van der Waals surface area contributed by atoms with Crippen molar-refractivity contribution in [3.8, 4) is 0 Å². The highest BCUT2D eigenvalue weighted by atomic mass is 16.4. The van der Waals surface area contributed by atoms with Crippen LogP contribution in [0.25, 0.3) is 10.9 Å². The molecule has 0 amide bonds. The number of ketones is 1. The smallest absolute Gasteiger partial charge is 0.335 e. The number of aromatic nitrogens is 1. The number of hydrogen-bond donors (Lipinski definition) is 2. The molecular formula is C14H15NO3. The van der Waals surface area contributed by atoms with Gasteiger partial charge in [0, 0.05) is 28.6 Å². The van der Waals surface area contributed by atoms with E-state index in [1.807, 2.05) is 13.8 Å². The number of hydrogen-bond acceptors (Lipinski definition) is 2. The van der Waals surface area contributed by atoms with E-state index in [1.54, 1.807) is 12.1 Å². The van der Waals surface area contributed by atoms with Gasteiger partial charge in [-0.2, -0.15) is 0 Å². The largest absolute Gasteiger partial charge is 0.478 e. The molecule has 94 valence electrons. The van der Waals surface area contributed by atoms with Crippen molar-refractivity contribution >= 4 is 22.7 Å². The van der Waals surface area contributed by atoms with Gasteiger partial charge in [-0.15, -0.1) is 0 Å². The predicted octanol–water partition coefficient (Wildman–Crippen LogP) is 3.02. The van der Waals surface area contributed by atoms with E-state index in [0.717, 1.165) is 17.5 Å². The maximum absolute atomic E-state index is 12.0. The minimum atomic E-state index is -0.965. The highest BCUT2D eigenvalue weighted by Gasteiger charge is 2.16. The van der Waals surface area contributed by atoms with Crippen molar-refractivity contribution in [1.29, 1.82) is 0 Å². The normalized spacial score (nSPS) is 10.8. The van der Waals surface area contributed by atoms with Gasteiger partial charge in [-0.25, -0.2) is 4.79 Å². The van der Waals surface area contributed by atoms with Gasteiger partial charge < -0.3 is 10.1 Å². The van der Waals surface area contributed by atoms with Gasteiger partial charge in [-0.3, -0.25) is 4.79 Å². The zero-order chi connectivity index (χ0) is 13.3. The molecule has 0 bridgehead atoms. The van der Waals surface area contributed by atoms with Gasteiger partial charge in [-0.1, -0.05) is 19.9 Å². The number of carbonyl (C=O) groups is 2. The second-order valence-electron chi connectivity index (χ2n) is 4.17. The maximum Gasteiger partial charge on any atom is 0.335 e. The lowest BCUT2D eigenvalue weighted by atomic mass is 10.0. The van der Waals surface area contributed by atoms with E-state index in [4.69, 9.17) is 5.11 Å². The fourth-order valence-corrected chi connectivity index (χ4v) is 2.15. The molecule has 1 heterocycles. The molecule has 0 atom stereocenters. The van der Waals surface area contributed by atoms with Crippen molar-refractivity contribution in [1.82, 2.24) is 4.98 Å². The fraction of sp³-hybridized carbons (Fsp3) is 0.286. The number of rotatable bonds is 4. The first kappa shape index (κ1) is 12.4. The highest BCUT2D eigenvalue weighted by molar-refractivity contribution is 6.10. The van der Waals surface area contributed by atoms with Gasteiger partial charge in [0.05, 0.1) is 5.56 Å². The molecule has 1 aromatic heterocycles. The van der Waals surface area contributed by atoms with Crippen LogP contribution in [0, 0.1) is 0 Å². The Labute approximate surface area is 105 Å². The van der Waals surface area contributed by atoms with E-state index >= 15 is 0 Å². The summed E-state index contributed by atoms with van der Waals surface area (Å²) in [6.45, 7) is 3.79. The molecule has 0 spiro atoms. The summed E-state index contributed by atoms with van der Waals surface area (Å²) in [6.07, 6.45) is 1.17. The highest BCUT2D eigenvalue weighted by Crippen LogP contribution is 2.25. The van der Waals surface area contributed by atoms with Gasteiger partial charge >= 0.3 is 5.97 Å². The Morgan fingerprint density at radius 2 is 2.00 bits per heavy atom. The van der Waals surface area contributed by atoms with Crippen LogP contribution in [-0.4, -0.2) is 21.8 Å². The van der Waals surface area contributed by atoms with E-state index in [-0.39, 0.29) is 11.3 Å². The molecule has 4 nitrogen and oxygen atoms in total. The Balaban J connectivity index is 2.70. The first-order chi connectivity index (χ1) is 8.58. The van der Waals surface area contributed by atoms with Gasteiger partial charge in [0.2, 0.25) is 0 Å². The van der Waals surface area contributed by atoms with E-state index in [2.05, 4.69) is 4.98 Å². The summed E-state index contributed by atoms with van der Waals surface area (Å²) in [5.41, 5.74) is 2.51. The number of aryl methyl sites for hydroxylation is 1. The zero-order valence-electron chi connectivity index (χ0n) is 10.4. The molecule has 2 aromatic rings. The van der Waals surface area contributed by atoms with Crippen LogP contribution in [0.2, 0.25) is 0 Å². The molecule has 0 saturated carbocycles. The molecule has 2 N–H and O–H groups in total. The van der Waals surface area contributed by atoms with Crippen LogP contribution in [0.15, 0.2) is 18.2 Å². The molecule has 0 aliphatic rings. The SMILES string of the molecule is CCC(=O)c1c(CC)[nH]c2cc(C(=O)O)ccc12. The summed E-state index contributed by atoms with van der Waals surface area (Å²) in [5, 5.41) is 9.76. The zero-order valence-corrected chi connectivity index (χ0v) is 10.4. The number of H-pyrrole nitrogens is 1. The van der Waals surface area contributed by atoms with E-state index in [0.29, 0.717) is 17.5 Å². The van der Waals surface area contributed by atoms with Gasteiger partial charge in [0.25, 0.3) is 0 Å². The summed E-state index contributed by atoms with van der Waals surface area (Å²) < 4.78 is 0. The lowest BCUT2D eigenvalue weighted by Crippen LogP contribution is -2.00. The van der Waals surface area contributed by atoms with Gasteiger partial charge in [0.1, 0.15) is 0 Å². The molecule has 0 fully saturated rings. The summed E-state index contributed by atoms with van der Waals surface area (Å²) >= 11 is 0. The standard InChI is InChI=1S/C14H15NO3/c1-3-10-13(12(16)4-2)9-6-5-8(14(17)18)7-11(9)15-10/h5-7,15H,3-4H2,1-2H3,(H,17,18). The Morgan fingerprint density at radius 1 is 1.28 bits per heavy atom. The average molecular weight is 245 g/mol. The minimum absolute atomic E-state index is 0.0844. The molecule has 0 aliphatic carbocycles. The molecule has 0 saturated heterocycles. The van der Waals surface area contributed by atoms with Crippen LogP contribution in [-0.2, 0) is 6.42 Å². The topological polar surface area (TPSA) is 70.2 Å². The Hall–Kier alpha value is -2.10. The van der Waals surface area contributed by atoms with Gasteiger partial charge in [0.15, 0.2) is 5.78 Å². The third-order valence-corrected chi connectivity index (χ3v) is 3.08. The van der Waals surface area contributed by atoms with Crippen LogP contribution < -0.4 is 0 Å². The van der Waals surface area contributed by atoms with Crippen molar-refractivity contribution in [2.24, 2.45) is 0 Å². The Bertz CT molecular complexity index is 625. The number of aromatic amines is 1. The average Bonchev–Trinajstić information content (AvgIpc) is 2.74. The molecular weight excluding hydrogens is 230 g/mol. The van der Waals surface area contributed by atoms with Crippen molar-refractivity contribution in [3.63, 3.8) is 0 Å². The van der Waals surface area contributed by atoms with Crippen molar-refractivity contribution < 1.29 is 14.7 Å². The summed E-state index contributed by atoms with van der Waals surface area (Å²) in [6, 6.07) is 4.81. The van der Waals surface area contributed by atoms with Crippen LogP contribution in [0.5, 0.6) is 0 Å². The van der Waals surface area contributed by atoms with Crippen LogP contribution in [0.3, 0.4) is 0 Å². The number of aromatic carboxylic acids is 1. The molecule has 1 aromatic carbocycles. The van der Waals surface area contributed by atoms with Crippen LogP contribution in [0.4, 0.5) is 0 Å². The molecule has 2 rings (SSSR count). The van der Waals surface area contributed by atoms with E-state index in [1.165, 1.54) is 6.07 Å². The lowest BCUT2D eigenvalue weighted by Gasteiger charge is -1.99. The second-order valence-corrected chi connectivity index (χ2v) is 4.17. The van der Waals surface area contributed by atoms with Crippen molar-refractivity contribution in [2.45, 2.75) is 26.7 Å². The number of carbonyl (C=O) groups excluding carboxylic acids is 1. The number of fused-ring (bicyclic) bond motifs is 1. The monoisotopic (exact) mass is 245 g/mol. The second kappa shape index (κ2) is 4.64. The quantitative estimate of drug-likeness (QED) is 0.813. The molecule has 0 aliphatic heterocycles. The predicted molar refractivity (Wildman–Crippen MR) is 69.3 cm³/mol. The lowest BCUT2D eigenvalue weighted by molar-refractivity contribution is 0.0697. The number of carboxylic acids is 1. The molecule has 0 radical (unpaired) electrons. The fourth-order valence-electron chi connectivity index (χ4n) is 2.15. The minimum Gasteiger partial charge on any atom is -0.478 e. The molecule has 18 heavy (non-hydrogen) atoms. The Morgan fingerprint density at radius 3 is 2.56 bits per heavy atom.